The molecule has 24 heavy (non-hydrogen) atoms. The highest BCUT2D eigenvalue weighted by Gasteiger charge is 2.49. The molecule has 0 aromatic carbocycles. The number of rotatable bonds is 15. The van der Waals surface area contributed by atoms with Gasteiger partial charge in [0, 0.05) is 6.42 Å². The highest BCUT2D eigenvalue weighted by atomic mass is 19.1. The Balaban J connectivity index is 4.03. The Morgan fingerprint density at radius 1 is 0.708 bits per heavy atom. The second-order valence-corrected chi connectivity index (χ2v) is 6.17. The number of halogens is 1. The minimum absolute atomic E-state index is 0.0436. The Morgan fingerprint density at radius 3 is 1.46 bits per heavy atom. The van der Waals surface area contributed by atoms with E-state index in [-0.39, 0.29) is 19.6 Å². The summed E-state index contributed by atoms with van der Waals surface area (Å²) in [6, 6.07) is 0. The van der Waals surface area contributed by atoms with E-state index in [9.17, 15) is 14.0 Å². The molecule has 0 rings (SSSR count). The molecule has 4 nitrogen and oxygen atoms in total. The Labute approximate surface area is 146 Å². The van der Waals surface area contributed by atoms with Crippen LogP contribution in [-0.4, -0.2) is 30.8 Å². The Bertz CT molecular complexity index is 326. The van der Waals surface area contributed by atoms with Crippen LogP contribution in [0.1, 0.15) is 91.4 Å². The maximum absolute atomic E-state index is 14.8. The molecule has 0 aliphatic rings. The number of unbranched alkanes of at least 4 members (excludes halogenated alkanes) is 9. The van der Waals surface area contributed by atoms with E-state index in [0.717, 1.165) is 19.3 Å². The van der Waals surface area contributed by atoms with Gasteiger partial charge in [-0.05, 0) is 20.3 Å². The lowest BCUT2D eigenvalue weighted by molar-refractivity contribution is -0.175. The minimum atomic E-state index is -2.66. The van der Waals surface area contributed by atoms with Crippen molar-refractivity contribution in [3.05, 3.63) is 0 Å². The molecule has 0 aromatic heterocycles. The molecule has 0 unspecified atom stereocenters. The van der Waals surface area contributed by atoms with Crippen LogP contribution < -0.4 is 0 Å². The van der Waals surface area contributed by atoms with Gasteiger partial charge in [-0.25, -0.2) is 14.0 Å². The quantitative estimate of drug-likeness (QED) is 0.234. The fourth-order valence-corrected chi connectivity index (χ4v) is 2.63. The first kappa shape index (κ1) is 22.9. The number of alkyl halides is 1. The molecular formula is C19H35FO4. The van der Waals surface area contributed by atoms with E-state index >= 15 is 0 Å². The zero-order chi connectivity index (χ0) is 18.3. The van der Waals surface area contributed by atoms with Gasteiger partial charge in [-0.3, -0.25) is 0 Å². The Morgan fingerprint density at radius 2 is 1.08 bits per heavy atom. The fraction of sp³-hybridized carbons (Fsp3) is 0.895. The Kier molecular flexibility index (Phi) is 13.6. The number of carbonyl (C=O) groups excluding carboxylic acids is 2. The van der Waals surface area contributed by atoms with Gasteiger partial charge in [0.2, 0.25) is 0 Å². The van der Waals surface area contributed by atoms with Crippen LogP contribution in [0.2, 0.25) is 0 Å². The van der Waals surface area contributed by atoms with Crippen LogP contribution >= 0.6 is 0 Å². The molecule has 0 heterocycles. The smallest absolute Gasteiger partial charge is 0.355 e. The highest BCUT2D eigenvalue weighted by molar-refractivity contribution is 6.03. The van der Waals surface area contributed by atoms with Crippen molar-refractivity contribution in [2.45, 2.75) is 97.1 Å². The molecule has 0 saturated heterocycles. The van der Waals surface area contributed by atoms with Crippen molar-refractivity contribution in [1.82, 2.24) is 0 Å². The van der Waals surface area contributed by atoms with Crippen LogP contribution in [0.25, 0.3) is 0 Å². The maximum Gasteiger partial charge on any atom is 0.355 e. The molecule has 5 heteroatoms. The molecule has 0 spiro atoms. The van der Waals surface area contributed by atoms with Gasteiger partial charge in [0.15, 0.2) is 0 Å². The van der Waals surface area contributed by atoms with Crippen molar-refractivity contribution in [2.24, 2.45) is 0 Å². The first-order valence-electron chi connectivity index (χ1n) is 9.56. The third-order valence-corrected chi connectivity index (χ3v) is 4.07. The number of esters is 2. The highest BCUT2D eigenvalue weighted by Crippen LogP contribution is 2.24. The monoisotopic (exact) mass is 346 g/mol. The molecule has 0 aliphatic heterocycles. The lowest BCUT2D eigenvalue weighted by Crippen LogP contribution is -2.45. The SMILES string of the molecule is CCCCCCCCCCCCC(F)(C(=O)OCC)C(=O)OCC. The average Bonchev–Trinajstić information content (AvgIpc) is 2.56. The molecule has 0 radical (unpaired) electrons. The Hall–Kier alpha value is -1.13. The molecule has 0 saturated carbocycles. The predicted octanol–water partition coefficient (Wildman–Crippen LogP) is 5.13. The summed E-state index contributed by atoms with van der Waals surface area (Å²) in [4.78, 5) is 23.5. The number of carbonyl (C=O) groups is 2. The van der Waals surface area contributed by atoms with E-state index in [0.29, 0.717) is 6.42 Å². The van der Waals surface area contributed by atoms with E-state index in [2.05, 4.69) is 6.92 Å². The number of ether oxygens (including phenoxy) is 2. The fourth-order valence-electron chi connectivity index (χ4n) is 2.63. The first-order valence-corrected chi connectivity index (χ1v) is 9.56. The van der Waals surface area contributed by atoms with Gasteiger partial charge in [0.1, 0.15) is 0 Å². The average molecular weight is 346 g/mol. The summed E-state index contributed by atoms with van der Waals surface area (Å²) in [5.74, 6) is -2.25. The molecule has 142 valence electrons. The lowest BCUT2D eigenvalue weighted by atomic mass is 9.97. The third-order valence-electron chi connectivity index (χ3n) is 4.07. The molecule has 0 atom stereocenters. The molecule has 0 N–H and O–H groups in total. The van der Waals surface area contributed by atoms with Gasteiger partial charge in [0.25, 0.3) is 0 Å². The molecule has 0 amide bonds. The van der Waals surface area contributed by atoms with Crippen molar-refractivity contribution in [2.75, 3.05) is 13.2 Å². The number of hydrogen-bond donors (Lipinski definition) is 0. The molecule has 0 bridgehead atoms. The summed E-state index contributed by atoms with van der Waals surface area (Å²) < 4.78 is 24.2. The molecule has 0 aromatic rings. The summed E-state index contributed by atoms with van der Waals surface area (Å²) in [6.45, 7) is 5.47. The van der Waals surface area contributed by atoms with Crippen LogP contribution in [-0.2, 0) is 19.1 Å². The lowest BCUT2D eigenvalue weighted by Gasteiger charge is -2.21. The largest absolute Gasteiger partial charge is 0.463 e. The van der Waals surface area contributed by atoms with E-state index in [4.69, 9.17) is 9.47 Å². The van der Waals surface area contributed by atoms with Gasteiger partial charge < -0.3 is 9.47 Å². The third kappa shape index (κ3) is 9.24. The van der Waals surface area contributed by atoms with Crippen LogP contribution in [0.5, 0.6) is 0 Å². The second-order valence-electron chi connectivity index (χ2n) is 6.17. The summed E-state index contributed by atoms with van der Waals surface area (Å²) >= 11 is 0. The van der Waals surface area contributed by atoms with Crippen molar-refractivity contribution in [3.8, 4) is 0 Å². The molecule has 0 aliphatic carbocycles. The zero-order valence-corrected chi connectivity index (χ0v) is 15.7. The molecule has 0 fully saturated rings. The van der Waals surface area contributed by atoms with E-state index in [1.54, 1.807) is 13.8 Å². The maximum atomic E-state index is 14.8. The van der Waals surface area contributed by atoms with Gasteiger partial charge >= 0.3 is 17.6 Å². The van der Waals surface area contributed by atoms with E-state index in [1.165, 1.54) is 38.5 Å². The van der Waals surface area contributed by atoms with Crippen molar-refractivity contribution in [1.29, 1.82) is 0 Å². The van der Waals surface area contributed by atoms with Crippen molar-refractivity contribution < 1.29 is 23.5 Å². The summed E-state index contributed by atoms with van der Waals surface area (Å²) in [7, 11) is 0. The van der Waals surface area contributed by atoms with Gasteiger partial charge in [-0.2, -0.15) is 0 Å². The first-order chi connectivity index (χ1) is 11.5. The van der Waals surface area contributed by atoms with Crippen molar-refractivity contribution in [3.63, 3.8) is 0 Å². The minimum Gasteiger partial charge on any atom is -0.463 e. The van der Waals surface area contributed by atoms with Gasteiger partial charge in [-0.15, -0.1) is 0 Å². The molecular weight excluding hydrogens is 311 g/mol. The number of hydrogen-bond acceptors (Lipinski definition) is 4. The summed E-state index contributed by atoms with van der Waals surface area (Å²) in [5, 5.41) is 0. The van der Waals surface area contributed by atoms with E-state index in [1.807, 2.05) is 0 Å². The standard InChI is InChI=1S/C19H35FO4/c1-4-7-8-9-10-11-12-13-14-15-16-19(20,17(21)23-5-2)18(22)24-6-3/h4-16H2,1-3H3. The van der Waals surface area contributed by atoms with Crippen LogP contribution in [0.3, 0.4) is 0 Å². The second kappa shape index (κ2) is 14.2. The van der Waals surface area contributed by atoms with E-state index < -0.39 is 17.6 Å². The summed E-state index contributed by atoms with van der Waals surface area (Å²) in [5.41, 5.74) is -2.66. The van der Waals surface area contributed by atoms with Crippen molar-refractivity contribution >= 4 is 11.9 Å². The van der Waals surface area contributed by atoms with Crippen LogP contribution in [0.4, 0.5) is 4.39 Å². The van der Waals surface area contributed by atoms with Crippen LogP contribution in [0, 0.1) is 0 Å². The zero-order valence-electron chi connectivity index (χ0n) is 15.7. The predicted molar refractivity (Wildman–Crippen MR) is 93.6 cm³/mol. The topological polar surface area (TPSA) is 52.6 Å². The van der Waals surface area contributed by atoms with Crippen LogP contribution in [0.15, 0.2) is 0 Å². The van der Waals surface area contributed by atoms with Gasteiger partial charge in [0.05, 0.1) is 13.2 Å². The summed E-state index contributed by atoms with van der Waals surface area (Å²) in [6.07, 6.45) is 10.8. The van der Waals surface area contributed by atoms with Gasteiger partial charge in [-0.1, -0.05) is 64.7 Å². The normalized spacial score (nSPS) is 11.3.